The Bertz CT molecular complexity index is 971. The van der Waals surface area contributed by atoms with Crippen LogP contribution in [0.25, 0.3) is 22.2 Å². The molecular weight excluding hydrogens is 318 g/mol. The molecule has 0 radical (unpaired) electrons. The largest absolute Gasteiger partial charge is 0.442 e. The number of hydrogen-bond acceptors (Lipinski definition) is 8. The maximum atomic E-state index is 11.9. The van der Waals surface area contributed by atoms with Crippen molar-refractivity contribution in [1.82, 2.24) is 24.8 Å². The molecule has 0 atom stereocenters. The van der Waals surface area contributed by atoms with Crippen molar-refractivity contribution in [3.05, 3.63) is 58.4 Å². The Hall–Kier alpha value is -3.07. The van der Waals surface area contributed by atoms with E-state index in [9.17, 15) is 4.79 Å². The molecule has 0 N–H and O–H groups in total. The summed E-state index contributed by atoms with van der Waals surface area (Å²) in [5.41, 5.74) is 0.667. The highest BCUT2D eigenvalue weighted by Gasteiger charge is 2.17. The summed E-state index contributed by atoms with van der Waals surface area (Å²) in [4.78, 5) is 21.1. The molecule has 9 heteroatoms. The van der Waals surface area contributed by atoms with Crippen molar-refractivity contribution in [3.8, 4) is 22.2 Å². The van der Waals surface area contributed by atoms with Gasteiger partial charge in [-0.3, -0.25) is 9.51 Å². The van der Waals surface area contributed by atoms with E-state index in [4.69, 9.17) is 9.05 Å². The first kappa shape index (κ1) is 13.6. The van der Waals surface area contributed by atoms with Gasteiger partial charge in [-0.1, -0.05) is 16.4 Å². The second-order valence-corrected chi connectivity index (χ2v) is 5.54. The molecular formula is C14H9N5O3S. The van der Waals surface area contributed by atoms with Crippen molar-refractivity contribution in [1.29, 1.82) is 0 Å². The summed E-state index contributed by atoms with van der Waals surface area (Å²) in [6.45, 7) is 0.0986. The molecule has 0 fully saturated rings. The van der Waals surface area contributed by atoms with Gasteiger partial charge in [-0.2, -0.15) is 4.98 Å². The Morgan fingerprint density at radius 1 is 1.17 bits per heavy atom. The highest BCUT2D eigenvalue weighted by atomic mass is 32.1. The maximum absolute atomic E-state index is 11.9. The zero-order chi connectivity index (χ0) is 15.6. The zero-order valence-electron chi connectivity index (χ0n) is 11.6. The molecule has 0 bridgehead atoms. The van der Waals surface area contributed by atoms with Crippen LogP contribution in [0.15, 0.2) is 55.9 Å². The molecule has 4 heterocycles. The predicted octanol–water partition coefficient (Wildman–Crippen LogP) is 2.06. The third-order valence-corrected chi connectivity index (χ3v) is 3.96. The number of nitrogens with zero attached hydrogens (tertiary/aromatic N) is 5. The van der Waals surface area contributed by atoms with Crippen molar-refractivity contribution < 1.29 is 9.05 Å². The lowest BCUT2D eigenvalue weighted by molar-refractivity contribution is 0.376. The van der Waals surface area contributed by atoms with Gasteiger partial charge in [-0.15, -0.1) is 11.3 Å². The molecule has 4 aromatic heterocycles. The average molecular weight is 327 g/mol. The summed E-state index contributed by atoms with van der Waals surface area (Å²) < 4.78 is 11.3. The molecule has 0 aliphatic heterocycles. The summed E-state index contributed by atoms with van der Waals surface area (Å²) >= 11 is 1.50. The summed E-state index contributed by atoms with van der Waals surface area (Å²) in [6, 6.07) is 7.32. The Balaban J connectivity index is 1.68. The average Bonchev–Trinajstić information content (AvgIpc) is 3.31. The van der Waals surface area contributed by atoms with Crippen LogP contribution >= 0.6 is 11.3 Å². The third-order valence-electron chi connectivity index (χ3n) is 3.11. The van der Waals surface area contributed by atoms with Crippen molar-refractivity contribution in [2.45, 2.75) is 6.54 Å². The number of rotatable bonds is 4. The molecule has 0 spiro atoms. The fourth-order valence-electron chi connectivity index (χ4n) is 2.07. The molecule has 0 aromatic carbocycles. The lowest BCUT2D eigenvalue weighted by Gasteiger charge is -2.00. The smallest absolute Gasteiger partial charge is 0.333 e. The van der Waals surface area contributed by atoms with E-state index in [2.05, 4.69) is 20.3 Å². The Labute approximate surface area is 133 Å². The minimum Gasteiger partial charge on any atom is -0.333 e. The van der Waals surface area contributed by atoms with Gasteiger partial charge in [0, 0.05) is 18.0 Å². The lowest BCUT2D eigenvalue weighted by atomic mass is 10.3. The molecule has 0 saturated heterocycles. The van der Waals surface area contributed by atoms with E-state index in [1.54, 1.807) is 24.5 Å². The normalized spacial score (nSPS) is 11.0. The topological polar surface area (TPSA) is 99.8 Å². The zero-order valence-corrected chi connectivity index (χ0v) is 12.4. The van der Waals surface area contributed by atoms with Crippen LogP contribution in [0.3, 0.4) is 0 Å². The molecule has 0 aliphatic carbocycles. The summed E-state index contributed by atoms with van der Waals surface area (Å²) in [7, 11) is 0. The number of thiophene rings is 1. The Morgan fingerprint density at radius 3 is 2.91 bits per heavy atom. The van der Waals surface area contributed by atoms with Crippen molar-refractivity contribution in [2.24, 2.45) is 0 Å². The van der Waals surface area contributed by atoms with Gasteiger partial charge in [-0.25, -0.2) is 9.36 Å². The van der Waals surface area contributed by atoms with Gasteiger partial charge in [-0.05, 0) is 23.6 Å². The van der Waals surface area contributed by atoms with Crippen molar-refractivity contribution in [3.63, 3.8) is 0 Å². The van der Waals surface area contributed by atoms with E-state index < -0.39 is 5.76 Å². The molecule has 23 heavy (non-hydrogen) atoms. The number of pyridine rings is 1. The molecule has 4 aromatic rings. The van der Waals surface area contributed by atoms with Gasteiger partial charge in [0.15, 0.2) is 11.6 Å². The van der Waals surface area contributed by atoms with Crippen LogP contribution in [0.4, 0.5) is 0 Å². The first-order valence-corrected chi connectivity index (χ1v) is 7.52. The summed E-state index contributed by atoms with van der Waals surface area (Å²) in [5, 5.41) is 9.61. The molecule has 0 amide bonds. The third kappa shape index (κ3) is 2.57. The standard InChI is InChI=1S/C14H9N5O3S/c20-14-19(12(18-22-14)9-3-1-5-15-7-9)8-11-16-13(21-17-11)10-4-2-6-23-10/h1-7H,8H2. The fourth-order valence-corrected chi connectivity index (χ4v) is 2.71. The summed E-state index contributed by atoms with van der Waals surface area (Å²) in [5.74, 6) is 0.558. The fraction of sp³-hybridized carbons (Fsp3) is 0.0714. The molecule has 8 nitrogen and oxygen atoms in total. The van der Waals surface area contributed by atoms with E-state index in [1.165, 1.54) is 15.9 Å². The van der Waals surface area contributed by atoms with Gasteiger partial charge in [0.2, 0.25) is 0 Å². The highest BCUT2D eigenvalue weighted by Crippen LogP contribution is 2.23. The van der Waals surface area contributed by atoms with Crippen LogP contribution in [-0.2, 0) is 6.54 Å². The predicted molar refractivity (Wildman–Crippen MR) is 80.7 cm³/mol. The van der Waals surface area contributed by atoms with E-state index in [0.717, 1.165) is 4.88 Å². The van der Waals surface area contributed by atoms with Crippen LogP contribution in [0, 0.1) is 0 Å². The molecule has 114 valence electrons. The molecule has 0 aliphatic rings. The van der Waals surface area contributed by atoms with E-state index in [1.807, 2.05) is 17.5 Å². The van der Waals surface area contributed by atoms with Crippen LogP contribution in [-0.4, -0.2) is 24.8 Å². The maximum Gasteiger partial charge on any atom is 0.442 e. The Kier molecular flexibility index (Phi) is 3.31. The first-order valence-electron chi connectivity index (χ1n) is 6.64. The van der Waals surface area contributed by atoms with Crippen LogP contribution < -0.4 is 5.76 Å². The van der Waals surface area contributed by atoms with E-state index >= 15 is 0 Å². The summed E-state index contributed by atoms with van der Waals surface area (Å²) in [6.07, 6.45) is 3.24. The number of hydrogen-bond donors (Lipinski definition) is 0. The Morgan fingerprint density at radius 2 is 2.13 bits per heavy atom. The monoisotopic (exact) mass is 327 g/mol. The second-order valence-electron chi connectivity index (χ2n) is 4.59. The van der Waals surface area contributed by atoms with E-state index in [-0.39, 0.29) is 6.54 Å². The van der Waals surface area contributed by atoms with Crippen LogP contribution in [0.2, 0.25) is 0 Å². The van der Waals surface area contributed by atoms with Crippen LogP contribution in [0.5, 0.6) is 0 Å². The second kappa shape index (κ2) is 5.61. The van der Waals surface area contributed by atoms with Gasteiger partial charge in [0.25, 0.3) is 5.89 Å². The molecule has 0 saturated carbocycles. The minimum absolute atomic E-state index is 0.0986. The van der Waals surface area contributed by atoms with E-state index in [0.29, 0.717) is 23.1 Å². The molecule has 4 rings (SSSR count). The quantitative estimate of drug-likeness (QED) is 0.565. The van der Waals surface area contributed by atoms with Gasteiger partial charge in [0.1, 0.15) is 0 Å². The SMILES string of the molecule is O=c1onc(-c2cccnc2)n1Cc1noc(-c2cccs2)n1. The molecule has 0 unspecified atom stereocenters. The minimum atomic E-state index is -0.591. The van der Waals surface area contributed by atoms with Crippen molar-refractivity contribution in [2.75, 3.05) is 0 Å². The first-order chi connectivity index (χ1) is 11.3. The highest BCUT2D eigenvalue weighted by molar-refractivity contribution is 7.13. The van der Waals surface area contributed by atoms with Gasteiger partial charge < -0.3 is 4.52 Å². The number of aromatic nitrogens is 5. The van der Waals surface area contributed by atoms with Crippen LogP contribution in [0.1, 0.15) is 5.82 Å². The lowest BCUT2D eigenvalue weighted by Crippen LogP contribution is -2.17. The van der Waals surface area contributed by atoms with Gasteiger partial charge >= 0.3 is 5.76 Å². The van der Waals surface area contributed by atoms with Crippen molar-refractivity contribution >= 4 is 11.3 Å². The van der Waals surface area contributed by atoms with Gasteiger partial charge in [0.05, 0.1) is 11.4 Å².